The van der Waals surface area contributed by atoms with E-state index >= 15 is 0 Å². The van der Waals surface area contributed by atoms with Crippen molar-refractivity contribution in [2.75, 3.05) is 19.1 Å². The van der Waals surface area contributed by atoms with Crippen LogP contribution in [0.1, 0.15) is 59.9 Å². The van der Waals surface area contributed by atoms with Gasteiger partial charge in [0.1, 0.15) is 12.2 Å². The number of rotatable bonds is 14. The summed E-state index contributed by atoms with van der Waals surface area (Å²) in [5.74, 6) is -1.50. The molecule has 0 radical (unpaired) electrons. The molecule has 0 fully saturated rings. The Bertz CT molecular complexity index is 1310. The van der Waals surface area contributed by atoms with Gasteiger partial charge in [-0.3, -0.25) is 4.90 Å². The van der Waals surface area contributed by atoms with Crippen molar-refractivity contribution in [3.8, 4) is 0 Å². The Morgan fingerprint density at radius 2 is 1.16 bits per heavy atom. The topological polar surface area (TPSA) is 74.3 Å². The SMILES string of the molecule is CCCCc1ccc(N(C(OC(=O)c2cc(Cl)ccc2Cl)C(C)OC)C(OC(=O)c2cc(Cl)ccc2Cl)C(C)OC)cc1. The third-order valence-corrected chi connectivity index (χ3v) is 8.03. The molecule has 0 aromatic heterocycles. The number of halogens is 4. The first-order valence-corrected chi connectivity index (χ1v) is 15.3. The molecule has 3 rings (SSSR count). The van der Waals surface area contributed by atoms with Crippen LogP contribution in [0.15, 0.2) is 60.7 Å². The van der Waals surface area contributed by atoms with Crippen LogP contribution in [0.5, 0.6) is 0 Å². The van der Waals surface area contributed by atoms with Gasteiger partial charge >= 0.3 is 11.9 Å². The van der Waals surface area contributed by atoms with Crippen molar-refractivity contribution in [2.45, 2.75) is 64.7 Å². The van der Waals surface area contributed by atoms with Gasteiger partial charge in [0.15, 0.2) is 0 Å². The minimum absolute atomic E-state index is 0.0661. The fourth-order valence-electron chi connectivity index (χ4n) is 4.30. The molecule has 4 atom stereocenters. The number of hydrogen-bond acceptors (Lipinski definition) is 7. The van der Waals surface area contributed by atoms with Crippen molar-refractivity contribution >= 4 is 64.0 Å². The Labute approximate surface area is 272 Å². The normalized spacial score (nSPS) is 14.0. The first-order chi connectivity index (χ1) is 20.5. The fourth-order valence-corrected chi connectivity index (χ4v) is 5.03. The lowest BCUT2D eigenvalue weighted by Gasteiger charge is -2.42. The van der Waals surface area contributed by atoms with Gasteiger partial charge in [0, 0.05) is 30.0 Å². The van der Waals surface area contributed by atoms with Gasteiger partial charge < -0.3 is 18.9 Å². The highest BCUT2D eigenvalue weighted by atomic mass is 35.5. The van der Waals surface area contributed by atoms with Crippen LogP contribution >= 0.6 is 46.4 Å². The summed E-state index contributed by atoms with van der Waals surface area (Å²) < 4.78 is 23.5. The largest absolute Gasteiger partial charge is 0.435 e. The summed E-state index contributed by atoms with van der Waals surface area (Å²) in [4.78, 5) is 28.7. The molecular formula is C32H35Cl4NO6. The van der Waals surface area contributed by atoms with Crippen LogP contribution in [0.3, 0.4) is 0 Å². The van der Waals surface area contributed by atoms with Crippen LogP contribution in [0.25, 0.3) is 0 Å². The van der Waals surface area contributed by atoms with E-state index in [1.807, 2.05) is 24.3 Å². The molecule has 0 aliphatic heterocycles. The zero-order valence-electron chi connectivity index (χ0n) is 24.6. The maximum atomic E-state index is 13.5. The number of esters is 2. The molecule has 0 aliphatic carbocycles. The molecule has 4 unspecified atom stereocenters. The Morgan fingerprint density at radius 1 is 0.721 bits per heavy atom. The summed E-state index contributed by atoms with van der Waals surface area (Å²) in [6, 6.07) is 16.7. The molecule has 0 bridgehead atoms. The highest BCUT2D eigenvalue weighted by Crippen LogP contribution is 2.31. The lowest BCUT2D eigenvalue weighted by atomic mass is 10.1. The second-order valence-corrected chi connectivity index (χ2v) is 11.6. The van der Waals surface area contributed by atoms with Gasteiger partial charge in [-0.05, 0) is 80.8 Å². The second kappa shape index (κ2) is 16.5. The molecule has 0 N–H and O–H groups in total. The quantitative estimate of drug-likeness (QED) is 0.125. The van der Waals surface area contributed by atoms with E-state index in [-0.39, 0.29) is 21.2 Å². The van der Waals surface area contributed by atoms with Crippen LogP contribution < -0.4 is 4.90 Å². The summed E-state index contributed by atoms with van der Waals surface area (Å²) in [5.41, 5.74) is 1.84. The highest BCUT2D eigenvalue weighted by molar-refractivity contribution is 6.36. The predicted molar refractivity (Wildman–Crippen MR) is 172 cm³/mol. The Morgan fingerprint density at radius 3 is 1.56 bits per heavy atom. The van der Waals surface area contributed by atoms with Crippen LogP contribution in [0, 0.1) is 0 Å². The molecule has 3 aromatic carbocycles. The Kier molecular flexibility index (Phi) is 13.4. The van der Waals surface area contributed by atoms with E-state index in [1.165, 1.54) is 38.5 Å². The summed E-state index contributed by atoms with van der Waals surface area (Å²) in [6.45, 7) is 5.58. The number of hydrogen-bond donors (Lipinski definition) is 0. The number of nitrogens with zero attached hydrogens (tertiary/aromatic N) is 1. The average Bonchev–Trinajstić information content (AvgIpc) is 3.00. The lowest BCUT2D eigenvalue weighted by Crippen LogP contribution is -2.56. The van der Waals surface area contributed by atoms with Gasteiger partial charge in [0.2, 0.25) is 12.5 Å². The van der Waals surface area contributed by atoms with Gasteiger partial charge in [-0.15, -0.1) is 0 Å². The van der Waals surface area contributed by atoms with E-state index in [4.69, 9.17) is 65.4 Å². The smallest absolute Gasteiger partial charge is 0.341 e. The molecule has 0 spiro atoms. The fraction of sp³-hybridized carbons (Fsp3) is 0.375. The maximum Gasteiger partial charge on any atom is 0.341 e. The number of anilines is 1. The van der Waals surface area contributed by atoms with Crippen molar-refractivity contribution in [1.29, 1.82) is 0 Å². The zero-order valence-corrected chi connectivity index (χ0v) is 27.6. The molecule has 11 heteroatoms. The van der Waals surface area contributed by atoms with Crippen molar-refractivity contribution in [1.82, 2.24) is 0 Å². The van der Waals surface area contributed by atoms with E-state index < -0.39 is 36.6 Å². The highest BCUT2D eigenvalue weighted by Gasteiger charge is 2.40. The van der Waals surface area contributed by atoms with Crippen LogP contribution in [0.4, 0.5) is 5.69 Å². The molecular weight excluding hydrogens is 636 g/mol. The lowest BCUT2D eigenvalue weighted by molar-refractivity contribution is -0.0741. The molecule has 0 amide bonds. The minimum Gasteiger partial charge on any atom is -0.435 e. The third kappa shape index (κ3) is 9.24. The molecule has 0 aliphatic rings. The molecule has 7 nitrogen and oxygen atoms in total. The number of aryl methyl sites for hydroxylation is 1. The van der Waals surface area contributed by atoms with Gasteiger partial charge in [-0.25, -0.2) is 9.59 Å². The second-order valence-electron chi connectivity index (χ2n) is 9.90. The van der Waals surface area contributed by atoms with Crippen LogP contribution in [0.2, 0.25) is 20.1 Å². The summed E-state index contributed by atoms with van der Waals surface area (Å²) in [5, 5.41) is 0.943. The van der Waals surface area contributed by atoms with Crippen molar-refractivity contribution in [3.63, 3.8) is 0 Å². The summed E-state index contributed by atoms with van der Waals surface area (Å²) >= 11 is 25.0. The summed E-state index contributed by atoms with van der Waals surface area (Å²) in [6.07, 6.45) is -0.705. The number of benzene rings is 3. The van der Waals surface area contributed by atoms with Gasteiger partial charge in [-0.1, -0.05) is 71.9 Å². The standard InChI is InChI=1S/C32H35Cl4NO6/c1-6-7-8-21-9-13-24(14-10-21)37(29(19(2)40-4)42-31(38)25-17-22(33)11-15-27(25)35)30(20(3)41-5)43-32(39)26-18-23(34)12-16-28(26)36/h9-20,29-30H,6-8H2,1-5H3. The Hall–Kier alpha value is -2.52. The van der Waals surface area contributed by atoms with Crippen LogP contribution in [-0.4, -0.2) is 50.8 Å². The number of ether oxygens (including phenoxy) is 4. The predicted octanol–water partition coefficient (Wildman–Crippen LogP) is 8.89. The van der Waals surface area contributed by atoms with Gasteiger partial charge in [-0.2, -0.15) is 0 Å². The third-order valence-electron chi connectivity index (χ3n) is 6.90. The average molecular weight is 671 g/mol. The first kappa shape index (κ1) is 35.0. The van der Waals surface area contributed by atoms with Crippen molar-refractivity contribution in [2.24, 2.45) is 0 Å². The van der Waals surface area contributed by atoms with E-state index in [9.17, 15) is 9.59 Å². The number of carbonyl (C=O) groups is 2. The number of unbranched alkanes of at least 4 members (excludes halogenated alkanes) is 1. The monoisotopic (exact) mass is 669 g/mol. The molecule has 43 heavy (non-hydrogen) atoms. The van der Waals surface area contributed by atoms with E-state index in [0.29, 0.717) is 15.7 Å². The van der Waals surface area contributed by atoms with E-state index in [0.717, 1.165) is 24.8 Å². The van der Waals surface area contributed by atoms with E-state index in [2.05, 4.69) is 6.92 Å². The van der Waals surface area contributed by atoms with Crippen LogP contribution in [-0.2, 0) is 25.4 Å². The molecule has 232 valence electrons. The minimum atomic E-state index is -1.13. The zero-order chi connectivity index (χ0) is 31.7. The molecule has 0 saturated carbocycles. The molecule has 0 saturated heterocycles. The maximum absolute atomic E-state index is 13.5. The number of methoxy groups -OCH3 is 2. The summed E-state index contributed by atoms with van der Waals surface area (Å²) in [7, 11) is 2.97. The molecule has 3 aromatic rings. The number of carbonyl (C=O) groups excluding carboxylic acids is 2. The first-order valence-electron chi connectivity index (χ1n) is 13.8. The van der Waals surface area contributed by atoms with Gasteiger partial charge in [0.25, 0.3) is 0 Å². The van der Waals surface area contributed by atoms with Crippen molar-refractivity contribution in [3.05, 3.63) is 97.4 Å². The van der Waals surface area contributed by atoms with Crippen molar-refractivity contribution < 1.29 is 28.5 Å². The van der Waals surface area contributed by atoms with E-state index in [1.54, 1.807) is 30.9 Å². The molecule has 0 heterocycles. The van der Waals surface area contributed by atoms with Gasteiger partial charge in [0.05, 0.1) is 21.2 Å². The Balaban J connectivity index is 2.14.